The van der Waals surface area contributed by atoms with Gasteiger partial charge >= 0.3 is 0 Å². The number of aromatic nitrogens is 2. The Balaban J connectivity index is 1.77. The molecule has 0 spiro atoms. The number of nitrogens with zero attached hydrogens (tertiary/aromatic N) is 2. The van der Waals surface area contributed by atoms with Gasteiger partial charge in [0.15, 0.2) is 0 Å². The standard InChI is InChI=1S/C26H22ClN3O3/c1-32-19-12-13-20(22(14-19)33-2)21-15-23(31)28-26-24(21)25(16-8-10-17(27)11-9-16)29-30(26)18-6-4-3-5-7-18/h3-14,21H,15H2,1-2H3,(H,28,31)/t21-/m1/s1. The lowest BCUT2D eigenvalue weighted by molar-refractivity contribution is -0.116. The minimum atomic E-state index is -0.252. The smallest absolute Gasteiger partial charge is 0.226 e. The van der Waals surface area contributed by atoms with Gasteiger partial charge in [-0.05, 0) is 30.3 Å². The van der Waals surface area contributed by atoms with E-state index in [1.165, 1.54) is 0 Å². The van der Waals surface area contributed by atoms with Crippen LogP contribution in [0.4, 0.5) is 5.82 Å². The molecule has 0 fully saturated rings. The molecule has 4 aromatic rings. The highest BCUT2D eigenvalue weighted by atomic mass is 35.5. The Morgan fingerprint density at radius 2 is 1.76 bits per heavy atom. The number of amides is 1. The second kappa shape index (κ2) is 8.64. The van der Waals surface area contributed by atoms with Crippen molar-refractivity contribution in [2.24, 2.45) is 0 Å². The van der Waals surface area contributed by atoms with Crippen molar-refractivity contribution in [1.82, 2.24) is 9.78 Å². The summed E-state index contributed by atoms with van der Waals surface area (Å²) in [6.45, 7) is 0. The SMILES string of the molecule is COc1ccc([C@H]2CC(=O)Nc3c2c(-c2ccc(Cl)cc2)nn3-c2ccccc2)c(OC)c1. The minimum absolute atomic E-state index is 0.0786. The molecular weight excluding hydrogens is 438 g/mol. The van der Waals surface area contributed by atoms with Gasteiger partial charge in [0.25, 0.3) is 0 Å². The van der Waals surface area contributed by atoms with E-state index in [4.69, 9.17) is 26.2 Å². The fourth-order valence-corrected chi connectivity index (χ4v) is 4.43. The van der Waals surface area contributed by atoms with Gasteiger partial charge in [-0.25, -0.2) is 4.68 Å². The molecule has 2 heterocycles. The van der Waals surface area contributed by atoms with Crippen molar-refractivity contribution in [3.8, 4) is 28.4 Å². The average molecular weight is 460 g/mol. The van der Waals surface area contributed by atoms with Gasteiger partial charge in [0, 0.05) is 40.1 Å². The van der Waals surface area contributed by atoms with Crippen LogP contribution in [0.25, 0.3) is 16.9 Å². The first-order valence-corrected chi connectivity index (χ1v) is 10.9. The number of benzene rings is 3. The molecule has 0 radical (unpaired) electrons. The summed E-state index contributed by atoms with van der Waals surface area (Å²) in [7, 11) is 3.23. The van der Waals surface area contributed by atoms with Crippen LogP contribution in [-0.4, -0.2) is 29.9 Å². The molecule has 33 heavy (non-hydrogen) atoms. The first-order valence-electron chi connectivity index (χ1n) is 10.5. The number of fused-ring (bicyclic) bond motifs is 1. The van der Waals surface area contributed by atoms with Gasteiger partial charge in [-0.15, -0.1) is 0 Å². The monoisotopic (exact) mass is 459 g/mol. The molecule has 7 heteroatoms. The number of hydrogen-bond donors (Lipinski definition) is 1. The van der Waals surface area contributed by atoms with Gasteiger partial charge in [-0.1, -0.05) is 48.0 Å². The molecule has 166 valence electrons. The zero-order valence-electron chi connectivity index (χ0n) is 18.2. The number of carbonyl (C=O) groups excluding carboxylic acids is 1. The van der Waals surface area contributed by atoms with Gasteiger partial charge in [0.1, 0.15) is 17.3 Å². The lowest BCUT2D eigenvalue weighted by atomic mass is 9.84. The summed E-state index contributed by atoms with van der Waals surface area (Å²) in [6, 6.07) is 23.0. The normalized spacial score (nSPS) is 15.0. The molecule has 1 aliphatic rings. The second-order valence-electron chi connectivity index (χ2n) is 7.78. The van der Waals surface area contributed by atoms with E-state index >= 15 is 0 Å². The highest BCUT2D eigenvalue weighted by Crippen LogP contribution is 2.46. The van der Waals surface area contributed by atoms with Crippen LogP contribution < -0.4 is 14.8 Å². The van der Waals surface area contributed by atoms with Crippen molar-refractivity contribution < 1.29 is 14.3 Å². The second-order valence-corrected chi connectivity index (χ2v) is 8.21. The first-order chi connectivity index (χ1) is 16.1. The topological polar surface area (TPSA) is 65.4 Å². The number of ether oxygens (including phenoxy) is 2. The number of halogens is 1. The van der Waals surface area contributed by atoms with E-state index in [0.717, 1.165) is 28.1 Å². The van der Waals surface area contributed by atoms with Crippen LogP contribution in [0, 0.1) is 0 Å². The van der Waals surface area contributed by atoms with Gasteiger partial charge in [-0.2, -0.15) is 5.10 Å². The van der Waals surface area contributed by atoms with Crippen molar-refractivity contribution in [2.75, 3.05) is 19.5 Å². The Labute approximate surface area is 196 Å². The molecule has 3 aromatic carbocycles. The van der Waals surface area contributed by atoms with E-state index in [-0.39, 0.29) is 18.2 Å². The number of hydrogen-bond acceptors (Lipinski definition) is 4. The summed E-state index contributed by atoms with van der Waals surface area (Å²) in [6.07, 6.45) is 0.275. The zero-order valence-corrected chi connectivity index (χ0v) is 19.0. The van der Waals surface area contributed by atoms with Gasteiger partial charge in [0.2, 0.25) is 5.91 Å². The Morgan fingerprint density at radius 1 is 1.00 bits per heavy atom. The summed E-state index contributed by atoms with van der Waals surface area (Å²) >= 11 is 6.14. The van der Waals surface area contributed by atoms with Gasteiger partial charge in [-0.3, -0.25) is 4.79 Å². The largest absolute Gasteiger partial charge is 0.497 e. The molecule has 0 saturated heterocycles. The number of methoxy groups -OCH3 is 2. The lowest BCUT2D eigenvalue weighted by Crippen LogP contribution is -2.25. The van der Waals surface area contributed by atoms with Crippen LogP contribution in [0.3, 0.4) is 0 Å². The number of para-hydroxylation sites is 1. The predicted molar refractivity (Wildman–Crippen MR) is 129 cm³/mol. The summed E-state index contributed by atoms with van der Waals surface area (Å²) in [5, 5.41) is 8.66. The fourth-order valence-electron chi connectivity index (χ4n) is 4.30. The summed E-state index contributed by atoms with van der Waals surface area (Å²) in [4.78, 5) is 12.9. The zero-order chi connectivity index (χ0) is 22.9. The van der Waals surface area contributed by atoms with Crippen LogP contribution in [0.2, 0.25) is 5.02 Å². The van der Waals surface area contributed by atoms with Crippen LogP contribution in [-0.2, 0) is 4.79 Å². The molecule has 5 rings (SSSR count). The van der Waals surface area contributed by atoms with Gasteiger partial charge in [0.05, 0.1) is 25.6 Å². The lowest BCUT2D eigenvalue weighted by Gasteiger charge is -2.26. The fraction of sp³-hybridized carbons (Fsp3) is 0.154. The van der Waals surface area contributed by atoms with Crippen LogP contribution >= 0.6 is 11.6 Å². The number of anilines is 1. The molecule has 1 aliphatic heterocycles. The molecule has 1 atom stereocenters. The summed E-state index contributed by atoms with van der Waals surface area (Å²) in [5.41, 5.74) is 4.39. The molecule has 0 unspecified atom stereocenters. The van der Waals surface area contributed by atoms with E-state index in [0.29, 0.717) is 22.3 Å². The Kier molecular flexibility index (Phi) is 5.52. The van der Waals surface area contributed by atoms with Crippen molar-refractivity contribution in [1.29, 1.82) is 0 Å². The van der Waals surface area contributed by atoms with E-state index in [2.05, 4.69) is 5.32 Å². The first kappa shape index (κ1) is 21.1. The number of carbonyl (C=O) groups is 1. The Morgan fingerprint density at radius 3 is 2.45 bits per heavy atom. The molecule has 1 aromatic heterocycles. The van der Waals surface area contributed by atoms with Crippen molar-refractivity contribution in [2.45, 2.75) is 12.3 Å². The van der Waals surface area contributed by atoms with E-state index in [9.17, 15) is 4.79 Å². The quantitative estimate of drug-likeness (QED) is 0.416. The molecule has 1 amide bonds. The predicted octanol–water partition coefficient (Wildman–Crippen LogP) is 5.68. The molecular formula is C26H22ClN3O3. The maximum atomic E-state index is 12.9. The number of nitrogens with one attached hydrogen (secondary N) is 1. The van der Waals surface area contributed by atoms with Crippen molar-refractivity contribution >= 4 is 23.3 Å². The third kappa shape index (κ3) is 3.83. The van der Waals surface area contributed by atoms with E-state index in [1.54, 1.807) is 18.9 Å². The third-order valence-corrected chi connectivity index (χ3v) is 6.10. The summed E-state index contributed by atoms with van der Waals surface area (Å²) in [5.74, 6) is 1.68. The highest BCUT2D eigenvalue weighted by molar-refractivity contribution is 6.30. The molecule has 1 N–H and O–H groups in total. The van der Waals surface area contributed by atoms with Crippen molar-refractivity contribution in [3.05, 3.63) is 88.9 Å². The maximum absolute atomic E-state index is 12.9. The molecule has 0 bridgehead atoms. The van der Waals surface area contributed by atoms with Crippen molar-refractivity contribution in [3.63, 3.8) is 0 Å². The average Bonchev–Trinajstić information content (AvgIpc) is 3.23. The minimum Gasteiger partial charge on any atom is -0.497 e. The van der Waals surface area contributed by atoms with Crippen LogP contribution in [0.15, 0.2) is 72.8 Å². The van der Waals surface area contributed by atoms with Crippen LogP contribution in [0.5, 0.6) is 11.5 Å². The highest BCUT2D eigenvalue weighted by Gasteiger charge is 2.35. The van der Waals surface area contributed by atoms with E-state index in [1.807, 2.05) is 72.8 Å². The maximum Gasteiger partial charge on any atom is 0.226 e. The van der Waals surface area contributed by atoms with Gasteiger partial charge < -0.3 is 14.8 Å². The Hall–Kier alpha value is -3.77. The number of rotatable bonds is 5. The molecule has 0 saturated carbocycles. The molecule has 0 aliphatic carbocycles. The molecule has 6 nitrogen and oxygen atoms in total. The third-order valence-electron chi connectivity index (χ3n) is 5.85. The van der Waals surface area contributed by atoms with E-state index < -0.39 is 0 Å². The Bertz CT molecular complexity index is 1320. The summed E-state index contributed by atoms with van der Waals surface area (Å²) < 4.78 is 12.8. The van der Waals surface area contributed by atoms with Crippen LogP contribution in [0.1, 0.15) is 23.5 Å².